The van der Waals surface area contributed by atoms with Gasteiger partial charge in [-0.2, -0.15) is 0 Å². The third-order valence-electron chi connectivity index (χ3n) is 4.81. The number of hydrogen-bond donors (Lipinski definition) is 0. The molecular formula is C23H18O2. The third-order valence-corrected chi connectivity index (χ3v) is 4.81. The maximum atomic E-state index is 13.3. The molecule has 1 aliphatic rings. The van der Waals surface area contributed by atoms with Crippen LogP contribution in [-0.4, -0.2) is 11.6 Å². The highest BCUT2D eigenvalue weighted by molar-refractivity contribution is 6.15. The van der Waals surface area contributed by atoms with Crippen LogP contribution in [0.2, 0.25) is 0 Å². The lowest BCUT2D eigenvalue weighted by Crippen LogP contribution is -2.16. The van der Waals surface area contributed by atoms with Gasteiger partial charge in [-0.3, -0.25) is 9.59 Å². The number of rotatable bonds is 3. The lowest BCUT2D eigenvalue weighted by molar-refractivity contribution is 0.0972. The summed E-state index contributed by atoms with van der Waals surface area (Å²) >= 11 is 0. The van der Waals surface area contributed by atoms with Gasteiger partial charge in [0.05, 0.1) is 0 Å². The molecule has 2 nitrogen and oxygen atoms in total. The van der Waals surface area contributed by atoms with Crippen molar-refractivity contribution in [1.82, 2.24) is 0 Å². The normalized spacial score (nSPS) is 13.4. The van der Waals surface area contributed by atoms with E-state index in [4.69, 9.17) is 0 Å². The van der Waals surface area contributed by atoms with E-state index in [0.717, 1.165) is 29.5 Å². The molecule has 0 saturated carbocycles. The number of hydrogen-bond acceptors (Lipinski definition) is 2. The van der Waals surface area contributed by atoms with Gasteiger partial charge in [-0.15, -0.1) is 0 Å². The van der Waals surface area contributed by atoms with Crippen molar-refractivity contribution < 1.29 is 9.59 Å². The molecule has 0 radical (unpaired) electrons. The summed E-state index contributed by atoms with van der Waals surface area (Å²) in [5.41, 5.74) is 4.91. The van der Waals surface area contributed by atoms with E-state index in [9.17, 15) is 9.59 Å². The van der Waals surface area contributed by atoms with Gasteiger partial charge in [-0.25, -0.2) is 0 Å². The van der Waals surface area contributed by atoms with Gasteiger partial charge in [-0.05, 0) is 29.5 Å². The Morgan fingerprint density at radius 3 is 2.20 bits per heavy atom. The van der Waals surface area contributed by atoms with Crippen LogP contribution in [0.25, 0.3) is 11.1 Å². The summed E-state index contributed by atoms with van der Waals surface area (Å²) in [6.07, 6.45) is 2.18. The molecule has 0 fully saturated rings. The highest BCUT2D eigenvalue weighted by Gasteiger charge is 2.24. The summed E-state index contributed by atoms with van der Waals surface area (Å²) in [7, 11) is 0. The second kappa shape index (κ2) is 6.48. The summed E-state index contributed by atoms with van der Waals surface area (Å²) < 4.78 is 0. The zero-order valence-corrected chi connectivity index (χ0v) is 13.9. The number of benzene rings is 3. The fourth-order valence-electron chi connectivity index (χ4n) is 3.59. The molecule has 0 saturated heterocycles. The van der Waals surface area contributed by atoms with Crippen LogP contribution in [0.5, 0.6) is 0 Å². The molecule has 1 aliphatic carbocycles. The van der Waals surface area contributed by atoms with Gasteiger partial charge in [-0.1, -0.05) is 72.8 Å². The Labute approximate surface area is 147 Å². The van der Waals surface area contributed by atoms with Crippen LogP contribution in [0, 0.1) is 0 Å². The Bertz CT molecular complexity index is 955. The van der Waals surface area contributed by atoms with Gasteiger partial charge < -0.3 is 0 Å². The Morgan fingerprint density at radius 1 is 0.680 bits per heavy atom. The highest BCUT2D eigenvalue weighted by Crippen LogP contribution is 2.30. The Morgan fingerprint density at radius 2 is 1.36 bits per heavy atom. The molecule has 0 aliphatic heterocycles. The Balaban J connectivity index is 1.84. The molecule has 0 N–H and O–H groups in total. The summed E-state index contributed by atoms with van der Waals surface area (Å²) in [4.78, 5) is 25.5. The number of ketones is 2. The molecule has 0 atom stereocenters. The largest absolute Gasteiger partial charge is 0.294 e. The van der Waals surface area contributed by atoms with E-state index < -0.39 is 0 Å². The summed E-state index contributed by atoms with van der Waals surface area (Å²) in [6.45, 7) is 0. The van der Waals surface area contributed by atoms with Crippen molar-refractivity contribution in [3.05, 3.63) is 95.1 Å². The minimum atomic E-state index is -0.00833. The van der Waals surface area contributed by atoms with Crippen LogP contribution in [0.1, 0.15) is 44.7 Å². The molecule has 2 heteroatoms. The molecule has 25 heavy (non-hydrogen) atoms. The fourth-order valence-corrected chi connectivity index (χ4v) is 3.59. The average molecular weight is 326 g/mol. The van der Waals surface area contributed by atoms with Gasteiger partial charge in [0.2, 0.25) is 0 Å². The van der Waals surface area contributed by atoms with E-state index in [2.05, 4.69) is 0 Å². The molecule has 0 bridgehead atoms. The molecule has 0 aromatic heterocycles. The second-order valence-corrected chi connectivity index (χ2v) is 6.35. The van der Waals surface area contributed by atoms with Crippen molar-refractivity contribution in [1.29, 1.82) is 0 Å². The lowest BCUT2D eigenvalue weighted by Gasteiger charge is -2.18. The van der Waals surface area contributed by atoms with Gasteiger partial charge in [0, 0.05) is 23.1 Å². The van der Waals surface area contributed by atoms with Crippen LogP contribution < -0.4 is 0 Å². The minimum absolute atomic E-state index is 0.00833. The van der Waals surface area contributed by atoms with E-state index >= 15 is 0 Å². The zero-order chi connectivity index (χ0) is 17.2. The van der Waals surface area contributed by atoms with Crippen LogP contribution in [0.3, 0.4) is 0 Å². The lowest BCUT2D eigenvalue weighted by atomic mass is 9.84. The number of fused-ring (bicyclic) bond motifs is 1. The zero-order valence-electron chi connectivity index (χ0n) is 13.9. The monoisotopic (exact) mass is 326 g/mol. The SMILES string of the molecule is O=C1CCCc2c1cccc2C(=O)c1ccccc1-c1ccccc1. The smallest absolute Gasteiger partial charge is 0.193 e. The van der Waals surface area contributed by atoms with Crippen molar-refractivity contribution in [3.8, 4) is 11.1 Å². The third kappa shape index (κ3) is 2.80. The Kier molecular flexibility index (Phi) is 4.02. The van der Waals surface area contributed by atoms with Gasteiger partial charge in [0.1, 0.15) is 0 Å². The summed E-state index contributed by atoms with van der Waals surface area (Å²) in [5, 5.41) is 0. The molecule has 0 heterocycles. The Hall–Kier alpha value is -3.00. The maximum Gasteiger partial charge on any atom is 0.193 e. The molecule has 0 unspecified atom stereocenters. The molecule has 122 valence electrons. The predicted molar refractivity (Wildman–Crippen MR) is 99.0 cm³/mol. The maximum absolute atomic E-state index is 13.3. The molecule has 0 spiro atoms. The minimum Gasteiger partial charge on any atom is -0.294 e. The first-order valence-corrected chi connectivity index (χ1v) is 8.60. The quantitative estimate of drug-likeness (QED) is 0.627. The van der Waals surface area contributed by atoms with Crippen molar-refractivity contribution >= 4 is 11.6 Å². The highest BCUT2D eigenvalue weighted by atomic mass is 16.1. The predicted octanol–water partition coefficient (Wildman–Crippen LogP) is 5.10. The number of carbonyl (C=O) groups excluding carboxylic acids is 2. The van der Waals surface area contributed by atoms with Crippen LogP contribution in [-0.2, 0) is 6.42 Å². The van der Waals surface area contributed by atoms with Crippen LogP contribution in [0.4, 0.5) is 0 Å². The van der Waals surface area contributed by atoms with E-state index in [-0.39, 0.29) is 11.6 Å². The molecular weight excluding hydrogens is 308 g/mol. The molecule has 0 amide bonds. The standard InChI is InChI=1S/C23H18O2/c24-22-15-7-12-18-19(22)13-6-14-21(18)23(25)20-11-5-4-10-17(20)16-8-2-1-3-9-16/h1-6,8-11,13-14H,7,12,15H2. The first-order valence-electron chi connectivity index (χ1n) is 8.60. The topological polar surface area (TPSA) is 34.1 Å². The summed E-state index contributed by atoms with van der Waals surface area (Å²) in [5.74, 6) is 0.137. The van der Waals surface area contributed by atoms with Crippen LogP contribution in [0.15, 0.2) is 72.8 Å². The van der Waals surface area contributed by atoms with Crippen molar-refractivity contribution in [2.24, 2.45) is 0 Å². The molecule has 3 aromatic carbocycles. The molecule has 4 rings (SSSR count). The van der Waals surface area contributed by atoms with Crippen molar-refractivity contribution in [2.75, 3.05) is 0 Å². The van der Waals surface area contributed by atoms with Gasteiger partial charge >= 0.3 is 0 Å². The van der Waals surface area contributed by atoms with E-state index in [1.165, 1.54) is 0 Å². The van der Waals surface area contributed by atoms with E-state index in [0.29, 0.717) is 23.1 Å². The average Bonchev–Trinajstić information content (AvgIpc) is 2.68. The van der Waals surface area contributed by atoms with Gasteiger partial charge in [0.25, 0.3) is 0 Å². The van der Waals surface area contributed by atoms with Crippen molar-refractivity contribution in [2.45, 2.75) is 19.3 Å². The van der Waals surface area contributed by atoms with Crippen molar-refractivity contribution in [3.63, 3.8) is 0 Å². The first kappa shape index (κ1) is 15.5. The molecule has 3 aromatic rings. The van der Waals surface area contributed by atoms with Crippen LogP contribution >= 0.6 is 0 Å². The van der Waals surface area contributed by atoms with Gasteiger partial charge in [0.15, 0.2) is 11.6 Å². The van der Waals surface area contributed by atoms with E-state index in [1.807, 2.05) is 72.8 Å². The van der Waals surface area contributed by atoms with E-state index in [1.54, 1.807) is 0 Å². The number of Topliss-reactive ketones (excluding diaryl/α,β-unsaturated/α-hetero) is 1. The fraction of sp³-hybridized carbons (Fsp3) is 0.130. The first-order chi connectivity index (χ1) is 12.3. The second-order valence-electron chi connectivity index (χ2n) is 6.35. The summed E-state index contributed by atoms with van der Waals surface area (Å²) in [6, 6.07) is 23.1. The number of carbonyl (C=O) groups is 2.